The van der Waals surface area contributed by atoms with E-state index in [2.05, 4.69) is 35.4 Å². The van der Waals surface area contributed by atoms with Gasteiger partial charge in [0.15, 0.2) is 0 Å². The average molecular weight is 222 g/mol. The van der Waals surface area contributed by atoms with Crippen molar-refractivity contribution < 1.29 is 0 Å². The molecule has 4 nitrogen and oxygen atoms in total. The van der Waals surface area contributed by atoms with Crippen LogP contribution in [0.4, 0.5) is 0 Å². The molecule has 0 amide bonds. The molecule has 0 radical (unpaired) electrons. The van der Waals surface area contributed by atoms with Gasteiger partial charge < -0.3 is 5.32 Å². The molecule has 1 aromatic heterocycles. The first-order chi connectivity index (χ1) is 7.65. The molecule has 16 heavy (non-hydrogen) atoms. The van der Waals surface area contributed by atoms with Crippen molar-refractivity contribution in [3.05, 3.63) is 18.0 Å². The third-order valence-corrected chi connectivity index (χ3v) is 3.33. The molecule has 0 saturated carbocycles. The van der Waals surface area contributed by atoms with Crippen molar-refractivity contribution in [2.45, 2.75) is 38.9 Å². The van der Waals surface area contributed by atoms with Gasteiger partial charge in [0, 0.05) is 44.0 Å². The van der Waals surface area contributed by atoms with E-state index in [4.69, 9.17) is 0 Å². The lowest BCUT2D eigenvalue weighted by Gasteiger charge is -2.27. The first kappa shape index (κ1) is 11.6. The van der Waals surface area contributed by atoms with E-state index < -0.39 is 0 Å². The zero-order chi connectivity index (χ0) is 11.5. The highest BCUT2D eigenvalue weighted by Crippen LogP contribution is 2.13. The topological polar surface area (TPSA) is 33.1 Å². The Morgan fingerprint density at radius 2 is 2.31 bits per heavy atom. The van der Waals surface area contributed by atoms with Crippen molar-refractivity contribution in [1.82, 2.24) is 20.0 Å². The molecule has 1 aliphatic rings. The second kappa shape index (κ2) is 4.97. The lowest BCUT2D eigenvalue weighted by atomic mass is 10.2. The summed E-state index contributed by atoms with van der Waals surface area (Å²) in [5.74, 6) is 0. The lowest BCUT2D eigenvalue weighted by Crippen LogP contribution is -2.37. The van der Waals surface area contributed by atoms with Crippen LogP contribution in [0.3, 0.4) is 0 Å². The summed E-state index contributed by atoms with van der Waals surface area (Å²) in [6, 6.07) is 1.24. The molecule has 1 N–H and O–H groups in total. The van der Waals surface area contributed by atoms with E-state index in [0.717, 1.165) is 19.6 Å². The molecule has 1 aliphatic heterocycles. The van der Waals surface area contributed by atoms with Crippen LogP contribution >= 0.6 is 0 Å². The minimum absolute atomic E-state index is 0.585. The molecule has 1 aromatic rings. The minimum Gasteiger partial charge on any atom is -0.313 e. The third kappa shape index (κ3) is 2.83. The summed E-state index contributed by atoms with van der Waals surface area (Å²) < 4.78 is 1.87. The Morgan fingerprint density at radius 3 is 3.00 bits per heavy atom. The van der Waals surface area contributed by atoms with Gasteiger partial charge in [-0.05, 0) is 26.8 Å². The van der Waals surface area contributed by atoms with Crippen LogP contribution < -0.4 is 5.32 Å². The monoisotopic (exact) mass is 222 g/mol. The second-order valence-electron chi connectivity index (χ2n) is 4.94. The van der Waals surface area contributed by atoms with Crippen LogP contribution in [0, 0.1) is 0 Å². The number of hydrogen-bond donors (Lipinski definition) is 1. The molecule has 2 unspecified atom stereocenters. The number of aromatic nitrogens is 2. The summed E-state index contributed by atoms with van der Waals surface area (Å²) in [4.78, 5) is 2.54. The van der Waals surface area contributed by atoms with Gasteiger partial charge in [0.25, 0.3) is 0 Å². The van der Waals surface area contributed by atoms with Gasteiger partial charge in [-0.1, -0.05) is 0 Å². The molecule has 1 fully saturated rings. The molecule has 0 bridgehead atoms. The minimum atomic E-state index is 0.585. The standard InChI is InChI=1S/C12H22N4/c1-10-7-16(11(2)4-5-13-10)9-12-6-14-15(3)8-12/h6,8,10-11,13H,4-5,7,9H2,1-3H3. The van der Waals surface area contributed by atoms with E-state index in [1.54, 1.807) is 0 Å². The maximum absolute atomic E-state index is 4.22. The van der Waals surface area contributed by atoms with Crippen LogP contribution in [0.25, 0.3) is 0 Å². The summed E-state index contributed by atoms with van der Waals surface area (Å²) in [5, 5.41) is 7.76. The highest BCUT2D eigenvalue weighted by atomic mass is 15.2. The van der Waals surface area contributed by atoms with Gasteiger partial charge >= 0.3 is 0 Å². The van der Waals surface area contributed by atoms with E-state index in [-0.39, 0.29) is 0 Å². The molecular weight excluding hydrogens is 200 g/mol. The molecule has 2 heterocycles. The third-order valence-electron chi connectivity index (χ3n) is 3.33. The van der Waals surface area contributed by atoms with Crippen molar-refractivity contribution in [2.75, 3.05) is 13.1 Å². The number of hydrogen-bond acceptors (Lipinski definition) is 3. The van der Waals surface area contributed by atoms with Gasteiger partial charge in [0.05, 0.1) is 6.20 Å². The van der Waals surface area contributed by atoms with E-state index in [9.17, 15) is 0 Å². The van der Waals surface area contributed by atoms with Gasteiger partial charge in [0.2, 0.25) is 0 Å². The van der Waals surface area contributed by atoms with E-state index in [1.165, 1.54) is 12.0 Å². The second-order valence-corrected chi connectivity index (χ2v) is 4.94. The number of rotatable bonds is 2. The maximum atomic E-state index is 4.22. The molecule has 0 aromatic carbocycles. The van der Waals surface area contributed by atoms with E-state index in [0.29, 0.717) is 12.1 Å². The molecule has 2 atom stereocenters. The Morgan fingerprint density at radius 1 is 1.50 bits per heavy atom. The summed E-state index contributed by atoms with van der Waals surface area (Å²) in [6.07, 6.45) is 5.30. The molecule has 0 aliphatic carbocycles. The normalized spacial score (nSPS) is 27.9. The van der Waals surface area contributed by atoms with Gasteiger partial charge in [-0.2, -0.15) is 5.10 Å². The largest absolute Gasteiger partial charge is 0.313 e. The Bertz CT molecular complexity index is 334. The van der Waals surface area contributed by atoms with Crippen molar-refractivity contribution >= 4 is 0 Å². The average Bonchev–Trinajstić information content (AvgIpc) is 2.55. The fourth-order valence-electron chi connectivity index (χ4n) is 2.33. The molecule has 90 valence electrons. The summed E-state index contributed by atoms with van der Waals surface area (Å²) in [7, 11) is 1.97. The van der Waals surface area contributed by atoms with E-state index in [1.807, 2.05) is 17.9 Å². The van der Waals surface area contributed by atoms with Gasteiger partial charge in [0.1, 0.15) is 0 Å². The highest BCUT2D eigenvalue weighted by Gasteiger charge is 2.20. The highest BCUT2D eigenvalue weighted by molar-refractivity contribution is 5.04. The summed E-state index contributed by atoms with van der Waals surface area (Å²) >= 11 is 0. The number of nitrogens with zero attached hydrogens (tertiary/aromatic N) is 3. The summed E-state index contributed by atoms with van der Waals surface area (Å²) in [6.45, 7) is 7.84. The maximum Gasteiger partial charge on any atom is 0.0534 e. The first-order valence-electron chi connectivity index (χ1n) is 6.10. The Hall–Kier alpha value is -0.870. The zero-order valence-electron chi connectivity index (χ0n) is 10.5. The van der Waals surface area contributed by atoms with E-state index >= 15 is 0 Å². The molecule has 1 saturated heterocycles. The zero-order valence-corrected chi connectivity index (χ0v) is 10.5. The molecule has 0 spiro atoms. The Balaban J connectivity index is 2.00. The fraction of sp³-hybridized carbons (Fsp3) is 0.750. The Labute approximate surface area is 97.6 Å². The predicted molar refractivity (Wildman–Crippen MR) is 65.2 cm³/mol. The molecular formula is C12H22N4. The fourth-order valence-corrected chi connectivity index (χ4v) is 2.33. The van der Waals surface area contributed by atoms with Crippen molar-refractivity contribution in [3.63, 3.8) is 0 Å². The lowest BCUT2D eigenvalue weighted by molar-refractivity contribution is 0.199. The Kier molecular flexibility index (Phi) is 3.61. The van der Waals surface area contributed by atoms with Gasteiger partial charge in [-0.3, -0.25) is 9.58 Å². The summed E-state index contributed by atoms with van der Waals surface area (Å²) in [5.41, 5.74) is 1.31. The van der Waals surface area contributed by atoms with Gasteiger partial charge in [-0.15, -0.1) is 0 Å². The van der Waals surface area contributed by atoms with Crippen molar-refractivity contribution in [3.8, 4) is 0 Å². The molecule has 4 heteroatoms. The van der Waals surface area contributed by atoms with Crippen LogP contribution in [0.1, 0.15) is 25.8 Å². The van der Waals surface area contributed by atoms with Crippen molar-refractivity contribution in [1.29, 1.82) is 0 Å². The van der Waals surface area contributed by atoms with Crippen LogP contribution in [-0.4, -0.2) is 39.9 Å². The smallest absolute Gasteiger partial charge is 0.0534 e. The number of nitrogens with one attached hydrogen (secondary N) is 1. The predicted octanol–water partition coefficient (Wildman–Crippen LogP) is 0.992. The first-order valence-corrected chi connectivity index (χ1v) is 6.10. The van der Waals surface area contributed by atoms with Crippen LogP contribution in [0.5, 0.6) is 0 Å². The van der Waals surface area contributed by atoms with Crippen LogP contribution in [-0.2, 0) is 13.6 Å². The number of aryl methyl sites for hydroxylation is 1. The van der Waals surface area contributed by atoms with Crippen molar-refractivity contribution in [2.24, 2.45) is 7.05 Å². The van der Waals surface area contributed by atoms with Gasteiger partial charge in [-0.25, -0.2) is 0 Å². The quantitative estimate of drug-likeness (QED) is 0.810. The SMILES string of the molecule is CC1CN(Cc2cnn(C)c2)C(C)CCN1. The van der Waals surface area contributed by atoms with Crippen LogP contribution in [0.15, 0.2) is 12.4 Å². The van der Waals surface area contributed by atoms with Crippen LogP contribution in [0.2, 0.25) is 0 Å². The molecule has 2 rings (SSSR count).